The molecule has 0 radical (unpaired) electrons. The van der Waals surface area contributed by atoms with E-state index in [1.54, 1.807) is 13.8 Å². The van der Waals surface area contributed by atoms with E-state index in [4.69, 9.17) is 10.00 Å². The molecule has 1 N–H and O–H groups in total. The fraction of sp³-hybridized carbons (Fsp3) is 0.500. The fourth-order valence-corrected chi connectivity index (χ4v) is 4.86. The maximum atomic E-state index is 13.3. The molecule has 0 saturated carbocycles. The van der Waals surface area contributed by atoms with Crippen LogP contribution in [0, 0.1) is 23.2 Å². The lowest BCUT2D eigenvalue weighted by atomic mass is 9.79. The normalized spacial score (nSPS) is 35.2. The van der Waals surface area contributed by atoms with Gasteiger partial charge in [0.2, 0.25) is 11.8 Å². The number of nitriles is 1. The Balaban J connectivity index is 1.80. The highest BCUT2D eigenvalue weighted by Crippen LogP contribution is 2.55. The Hall–Kier alpha value is -2.48. The van der Waals surface area contributed by atoms with E-state index in [1.165, 1.54) is 6.07 Å². The van der Waals surface area contributed by atoms with E-state index in [1.807, 2.05) is 0 Å². The fourth-order valence-electron chi connectivity index (χ4n) is 4.86. The van der Waals surface area contributed by atoms with Gasteiger partial charge in [-0.15, -0.1) is 0 Å². The molecule has 3 saturated heterocycles. The highest BCUT2D eigenvalue weighted by molar-refractivity contribution is 6.23. The number of nitrogens with zero attached hydrogens (tertiary/aromatic N) is 3. The summed E-state index contributed by atoms with van der Waals surface area (Å²) in [5.74, 6) is -3.19. The maximum absolute atomic E-state index is 13.3. The summed E-state index contributed by atoms with van der Waals surface area (Å²) in [6.45, 7) is 3.20. The van der Waals surface area contributed by atoms with Gasteiger partial charge in [0.25, 0.3) is 0 Å². The predicted octanol–water partition coefficient (Wildman–Crippen LogP) is 1.94. The first-order valence-corrected chi connectivity index (χ1v) is 8.54. The molecule has 1 aromatic carbocycles. The Bertz CT molecular complexity index is 907. The Morgan fingerprint density at radius 1 is 1.18 bits per heavy atom. The van der Waals surface area contributed by atoms with Crippen LogP contribution in [0.25, 0.3) is 0 Å². The van der Waals surface area contributed by atoms with Gasteiger partial charge in [-0.25, -0.2) is 4.90 Å². The first-order chi connectivity index (χ1) is 12.9. The average molecular weight is 395 g/mol. The number of rotatable bonds is 1. The SMILES string of the molecule is CC12CN(O)CC(C)(O1)C1C(=O)N(c3ccc(C#N)c(C(F)(F)F)c3)C(=O)C12. The molecule has 7 nitrogen and oxygen atoms in total. The van der Waals surface area contributed by atoms with Crippen molar-refractivity contribution in [3.05, 3.63) is 29.3 Å². The number of alkyl halides is 3. The Labute approximate surface area is 157 Å². The molecule has 0 spiro atoms. The number of hydroxylamine groups is 2. The van der Waals surface area contributed by atoms with Crippen LogP contribution in [-0.4, -0.2) is 46.4 Å². The van der Waals surface area contributed by atoms with Crippen LogP contribution in [0.15, 0.2) is 18.2 Å². The van der Waals surface area contributed by atoms with Crippen molar-refractivity contribution < 1.29 is 32.7 Å². The Morgan fingerprint density at radius 3 is 2.18 bits per heavy atom. The lowest BCUT2D eigenvalue weighted by molar-refractivity contribution is -0.242. The smallest absolute Gasteiger partial charge is 0.365 e. The van der Waals surface area contributed by atoms with Crippen LogP contribution in [-0.2, 0) is 20.5 Å². The van der Waals surface area contributed by atoms with Gasteiger partial charge in [-0.2, -0.15) is 23.5 Å². The van der Waals surface area contributed by atoms with Crippen LogP contribution >= 0.6 is 0 Å². The van der Waals surface area contributed by atoms with Gasteiger partial charge in [-0.3, -0.25) is 9.59 Å². The zero-order valence-electron chi connectivity index (χ0n) is 14.9. The number of ether oxygens (including phenoxy) is 1. The monoisotopic (exact) mass is 395 g/mol. The standard InChI is InChI=1S/C18H16F3N3O4/c1-16-7-23(27)8-17(2,28-16)13-12(16)14(25)24(15(13)26)10-4-3-9(6-22)11(5-10)18(19,20)21/h3-5,12-13,27H,7-8H2,1-2H3. The second kappa shape index (κ2) is 5.53. The van der Waals surface area contributed by atoms with Crippen LogP contribution in [0.3, 0.4) is 0 Å². The summed E-state index contributed by atoms with van der Waals surface area (Å²) in [4.78, 5) is 26.9. The summed E-state index contributed by atoms with van der Waals surface area (Å²) in [6.07, 6.45) is -4.81. The summed E-state index contributed by atoms with van der Waals surface area (Å²) in [5, 5.41) is 19.9. The molecule has 4 atom stereocenters. The third-order valence-corrected chi connectivity index (χ3v) is 5.77. The van der Waals surface area contributed by atoms with Crippen molar-refractivity contribution in [2.24, 2.45) is 11.8 Å². The molecule has 3 aliphatic rings. The van der Waals surface area contributed by atoms with E-state index in [9.17, 15) is 28.0 Å². The molecule has 3 heterocycles. The molecular weight excluding hydrogens is 379 g/mol. The summed E-state index contributed by atoms with van der Waals surface area (Å²) in [6, 6.07) is 4.22. The Morgan fingerprint density at radius 2 is 1.71 bits per heavy atom. The van der Waals surface area contributed by atoms with Gasteiger partial charge < -0.3 is 9.94 Å². The number of hydrogen-bond acceptors (Lipinski definition) is 6. The van der Waals surface area contributed by atoms with Crippen molar-refractivity contribution in [1.29, 1.82) is 5.26 Å². The molecule has 0 aromatic heterocycles. The summed E-state index contributed by atoms with van der Waals surface area (Å²) < 4.78 is 45.8. The predicted molar refractivity (Wildman–Crippen MR) is 86.9 cm³/mol. The van der Waals surface area contributed by atoms with Gasteiger partial charge >= 0.3 is 6.18 Å². The molecule has 4 rings (SSSR count). The van der Waals surface area contributed by atoms with Crippen molar-refractivity contribution in [3.63, 3.8) is 0 Å². The number of carbonyl (C=O) groups is 2. The molecule has 10 heteroatoms. The third-order valence-electron chi connectivity index (χ3n) is 5.77. The van der Waals surface area contributed by atoms with E-state index in [2.05, 4.69) is 0 Å². The van der Waals surface area contributed by atoms with Crippen molar-refractivity contribution in [2.75, 3.05) is 18.0 Å². The van der Waals surface area contributed by atoms with Gasteiger partial charge in [0.1, 0.15) is 0 Å². The minimum atomic E-state index is -4.81. The van der Waals surface area contributed by atoms with E-state index >= 15 is 0 Å². The quantitative estimate of drug-likeness (QED) is 0.731. The average Bonchev–Trinajstić information content (AvgIpc) is 2.93. The summed E-state index contributed by atoms with van der Waals surface area (Å²) >= 11 is 0. The van der Waals surface area contributed by atoms with E-state index in [0.717, 1.165) is 22.1 Å². The summed E-state index contributed by atoms with van der Waals surface area (Å²) in [5.41, 5.74) is -4.33. The highest BCUT2D eigenvalue weighted by atomic mass is 19.4. The van der Waals surface area contributed by atoms with Crippen molar-refractivity contribution in [2.45, 2.75) is 31.2 Å². The number of imide groups is 1. The maximum Gasteiger partial charge on any atom is 0.417 e. The van der Waals surface area contributed by atoms with Crippen LogP contribution in [0.4, 0.5) is 18.9 Å². The van der Waals surface area contributed by atoms with Crippen LogP contribution in [0.1, 0.15) is 25.0 Å². The van der Waals surface area contributed by atoms with E-state index in [0.29, 0.717) is 6.07 Å². The van der Waals surface area contributed by atoms with Gasteiger partial charge in [0, 0.05) is 0 Å². The summed E-state index contributed by atoms with van der Waals surface area (Å²) in [7, 11) is 0. The van der Waals surface area contributed by atoms with Gasteiger partial charge in [-0.05, 0) is 32.0 Å². The molecule has 148 valence electrons. The third kappa shape index (κ3) is 2.40. The van der Waals surface area contributed by atoms with Crippen LogP contribution in [0.2, 0.25) is 0 Å². The molecule has 1 aromatic rings. The van der Waals surface area contributed by atoms with Gasteiger partial charge in [0.05, 0.1) is 59.0 Å². The number of halogens is 3. The van der Waals surface area contributed by atoms with Crippen molar-refractivity contribution >= 4 is 17.5 Å². The molecule has 3 aliphatic heterocycles. The van der Waals surface area contributed by atoms with E-state index in [-0.39, 0.29) is 18.8 Å². The lowest BCUT2D eigenvalue weighted by Gasteiger charge is -2.42. The van der Waals surface area contributed by atoms with Crippen LogP contribution < -0.4 is 4.90 Å². The number of carbonyl (C=O) groups excluding carboxylic acids is 2. The van der Waals surface area contributed by atoms with Crippen molar-refractivity contribution in [3.8, 4) is 6.07 Å². The second-order valence-electron chi connectivity index (χ2n) is 7.86. The lowest BCUT2D eigenvalue weighted by Crippen LogP contribution is -2.57. The molecule has 3 fully saturated rings. The zero-order valence-corrected chi connectivity index (χ0v) is 14.9. The molecule has 28 heavy (non-hydrogen) atoms. The molecular formula is C18H16F3N3O4. The Kier molecular flexibility index (Phi) is 3.73. The largest absolute Gasteiger partial charge is 0.417 e. The number of morpholine rings is 1. The molecule has 2 bridgehead atoms. The minimum absolute atomic E-state index is 0.00219. The van der Waals surface area contributed by atoms with E-state index < -0.39 is 52.2 Å². The first kappa shape index (κ1) is 18.9. The number of hydrogen-bond donors (Lipinski definition) is 1. The number of fused-ring (bicyclic) bond motifs is 5. The molecule has 0 aliphatic carbocycles. The minimum Gasteiger partial charge on any atom is -0.365 e. The van der Waals surface area contributed by atoms with Gasteiger partial charge in [-0.1, -0.05) is 0 Å². The number of amides is 2. The molecule has 4 unspecified atom stereocenters. The highest BCUT2D eigenvalue weighted by Gasteiger charge is 2.71. The number of anilines is 1. The van der Waals surface area contributed by atoms with Crippen LogP contribution in [0.5, 0.6) is 0 Å². The van der Waals surface area contributed by atoms with Crippen molar-refractivity contribution in [1.82, 2.24) is 5.06 Å². The zero-order chi connectivity index (χ0) is 20.6. The number of benzene rings is 1. The topological polar surface area (TPSA) is 93.9 Å². The molecule has 2 amide bonds. The van der Waals surface area contributed by atoms with Gasteiger partial charge in [0.15, 0.2) is 0 Å². The second-order valence-corrected chi connectivity index (χ2v) is 7.86. The first-order valence-electron chi connectivity index (χ1n) is 8.54.